The largest absolute Gasteiger partial charge is 0.344 e. The van der Waals surface area contributed by atoms with Gasteiger partial charge in [-0.2, -0.15) is 0 Å². The summed E-state index contributed by atoms with van der Waals surface area (Å²) in [5.41, 5.74) is 1.16. The highest BCUT2D eigenvalue weighted by molar-refractivity contribution is 5.84. The van der Waals surface area contributed by atoms with Gasteiger partial charge in [0.25, 0.3) is 6.04 Å². The van der Waals surface area contributed by atoms with Crippen LogP contribution in [0.1, 0.15) is 59.8 Å². The monoisotopic (exact) mass is 427 g/mol. The summed E-state index contributed by atoms with van der Waals surface area (Å²) >= 11 is 0. The predicted octanol–water partition coefficient (Wildman–Crippen LogP) is 5.46. The molecule has 0 aromatic carbocycles. The first-order chi connectivity index (χ1) is 15.0. The maximum Gasteiger partial charge on any atom is 0.250 e. The predicted molar refractivity (Wildman–Crippen MR) is 129 cm³/mol. The van der Waals surface area contributed by atoms with Gasteiger partial charge in [-0.15, -0.1) is 0 Å². The van der Waals surface area contributed by atoms with Gasteiger partial charge in [0.15, 0.2) is 0 Å². The molecule has 2 rings (SSSR count). The van der Waals surface area contributed by atoms with E-state index in [1.165, 1.54) is 0 Å². The lowest BCUT2D eigenvalue weighted by atomic mass is 9.81. The highest BCUT2D eigenvalue weighted by Gasteiger charge is 2.38. The lowest BCUT2D eigenvalue weighted by Crippen LogP contribution is -2.53. The molecule has 0 saturated heterocycles. The Morgan fingerprint density at radius 2 is 1.97 bits per heavy atom. The zero-order valence-electron chi connectivity index (χ0n) is 19.6. The van der Waals surface area contributed by atoms with Crippen molar-refractivity contribution in [3.8, 4) is 0 Å². The van der Waals surface area contributed by atoms with Gasteiger partial charge in [-0.3, -0.25) is 15.1 Å². The molecular weight excluding hydrogens is 390 g/mol. The summed E-state index contributed by atoms with van der Waals surface area (Å²) < 4.78 is 0. The van der Waals surface area contributed by atoms with Gasteiger partial charge in [0.1, 0.15) is 6.29 Å². The quantitative estimate of drug-likeness (QED) is 0.135. The molecule has 0 aliphatic heterocycles. The first-order valence-electron chi connectivity index (χ1n) is 11.2. The smallest absolute Gasteiger partial charge is 0.250 e. The van der Waals surface area contributed by atoms with Crippen LogP contribution < -0.4 is 0 Å². The fourth-order valence-electron chi connectivity index (χ4n) is 3.98. The molecule has 0 aromatic heterocycles. The van der Waals surface area contributed by atoms with E-state index in [4.69, 9.17) is 0 Å². The van der Waals surface area contributed by atoms with Crippen molar-refractivity contribution in [3.05, 3.63) is 69.9 Å². The molecule has 31 heavy (non-hydrogen) atoms. The molecule has 1 saturated carbocycles. The van der Waals surface area contributed by atoms with Crippen LogP contribution in [-0.2, 0) is 4.79 Å². The number of nitrogens with zero attached hydrogens (tertiary/aromatic N) is 3. The molecule has 1 unspecified atom stereocenters. The number of aliphatic imine (C=N–C) groups is 1. The molecule has 0 heterocycles. The summed E-state index contributed by atoms with van der Waals surface area (Å²) in [6.07, 6.45) is 20.5. The Balaban J connectivity index is 0.00000233. The normalized spacial score (nSPS) is 21.1. The van der Waals surface area contributed by atoms with Crippen molar-refractivity contribution in [1.29, 1.82) is 0 Å². The molecule has 2 aliphatic carbocycles. The zero-order chi connectivity index (χ0) is 23.3. The molecule has 170 valence electrons. The van der Waals surface area contributed by atoms with Crippen molar-refractivity contribution in [2.75, 3.05) is 13.6 Å². The fraction of sp³-hybridized carbons (Fsp3) is 0.520. The number of rotatable bonds is 7. The van der Waals surface area contributed by atoms with E-state index in [0.29, 0.717) is 6.54 Å². The van der Waals surface area contributed by atoms with E-state index >= 15 is 0 Å². The van der Waals surface area contributed by atoms with Gasteiger partial charge in [0.2, 0.25) is 0 Å². The third-order valence-electron chi connectivity index (χ3n) is 5.65. The molecule has 6 nitrogen and oxygen atoms in total. The first kappa shape index (κ1) is 26.3. The molecule has 1 atom stereocenters. The number of amidine groups is 1. The van der Waals surface area contributed by atoms with E-state index in [0.717, 1.165) is 55.4 Å². The molecule has 0 spiro atoms. The zero-order valence-corrected chi connectivity index (χ0v) is 19.6. The molecule has 0 aromatic rings. The van der Waals surface area contributed by atoms with Gasteiger partial charge >= 0.3 is 0 Å². The van der Waals surface area contributed by atoms with Crippen molar-refractivity contribution in [2.24, 2.45) is 4.99 Å². The lowest BCUT2D eigenvalue weighted by Gasteiger charge is -2.43. The van der Waals surface area contributed by atoms with Crippen LogP contribution in [0.15, 0.2) is 64.7 Å². The minimum absolute atomic E-state index is 0.305. The van der Waals surface area contributed by atoms with Gasteiger partial charge in [-0.1, -0.05) is 69.6 Å². The summed E-state index contributed by atoms with van der Waals surface area (Å²) in [7, 11) is 1.74. The Bertz CT molecular complexity index is 782. The average molecular weight is 428 g/mol. The number of allylic oxidation sites excluding steroid dienone is 7. The molecular formula is C25H37N3O3. The third kappa shape index (κ3) is 7.16. The van der Waals surface area contributed by atoms with E-state index in [1.807, 2.05) is 58.1 Å². The van der Waals surface area contributed by atoms with E-state index in [2.05, 4.69) is 9.89 Å². The minimum atomic E-state index is -0.858. The molecule has 2 aliphatic rings. The topological polar surface area (TPSA) is 75.8 Å². The van der Waals surface area contributed by atoms with Crippen molar-refractivity contribution < 1.29 is 9.72 Å². The third-order valence-corrected chi connectivity index (χ3v) is 5.65. The second kappa shape index (κ2) is 13.5. The molecule has 1 fully saturated rings. The lowest BCUT2D eigenvalue weighted by molar-refractivity contribution is -0.496. The van der Waals surface area contributed by atoms with Crippen LogP contribution in [0.5, 0.6) is 0 Å². The Labute approximate surface area is 187 Å². The summed E-state index contributed by atoms with van der Waals surface area (Å²) in [5.74, 6) is 0.824. The summed E-state index contributed by atoms with van der Waals surface area (Å²) in [4.78, 5) is 29.6. The Kier molecular flexibility index (Phi) is 11.5. The first-order valence-corrected chi connectivity index (χ1v) is 11.2. The summed E-state index contributed by atoms with van der Waals surface area (Å²) in [6, 6.07) is -0.858. The number of carbonyl (C=O) groups excluding carboxylic acids is 1. The number of hydrogen-bond acceptors (Lipinski definition) is 4. The van der Waals surface area contributed by atoms with E-state index in [9.17, 15) is 14.9 Å². The second-order valence-corrected chi connectivity index (χ2v) is 7.46. The van der Waals surface area contributed by atoms with Crippen LogP contribution in [0.25, 0.3) is 0 Å². The van der Waals surface area contributed by atoms with E-state index in [-0.39, 0.29) is 4.92 Å². The molecule has 0 amide bonds. The van der Waals surface area contributed by atoms with Crippen LogP contribution in [0.2, 0.25) is 0 Å². The molecule has 6 heteroatoms. The van der Waals surface area contributed by atoms with Gasteiger partial charge in [-0.25, -0.2) is 0 Å². The summed E-state index contributed by atoms with van der Waals surface area (Å²) in [5, 5.41) is 11.3. The van der Waals surface area contributed by atoms with Crippen LogP contribution in [0.4, 0.5) is 0 Å². The van der Waals surface area contributed by atoms with E-state index in [1.54, 1.807) is 25.3 Å². The van der Waals surface area contributed by atoms with Crippen molar-refractivity contribution in [1.82, 2.24) is 4.90 Å². The number of hydrogen-bond donors (Lipinski definition) is 0. The molecule has 0 N–H and O–H groups in total. The van der Waals surface area contributed by atoms with Crippen molar-refractivity contribution in [2.45, 2.75) is 71.4 Å². The maximum atomic E-state index is 12.1. The number of aldehydes is 1. The van der Waals surface area contributed by atoms with Crippen LogP contribution >= 0.6 is 0 Å². The van der Waals surface area contributed by atoms with Crippen LogP contribution in [-0.4, -0.2) is 47.1 Å². The average Bonchev–Trinajstić information content (AvgIpc) is 3.06. The Morgan fingerprint density at radius 1 is 1.29 bits per heavy atom. The second-order valence-electron chi connectivity index (χ2n) is 7.46. The fourth-order valence-corrected chi connectivity index (χ4v) is 3.98. The van der Waals surface area contributed by atoms with Crippen LogP contribution in [0, 0.1) is 10.1 Å². The summed E-state index contributed by atoms with van der Waals surface area (Å²) in [6.45, 7) is 8.37. The Hall–Kier alpha value is -2.76. The Morgan fingerprint density at radius 3 is 2.52 bits per heavy atom. The highest BCUT2D eigenvalue weighted by atomic mass is 16.6. The maximum absolute atomic E-state index is 12.1. The molecule has 0 bridgehead atoms. The highest BCUT2D eigenvalue weighted by Crippen LogP contribution is 2.33. The van der Waals surface area contributed by atoms with Crippen molar-refractivity contribution in [3.63, 3.8) is 0 Å². The van der Waals surface area contributed by atoms with E-state index < -0.39 is 11.6 Å². The SMILES string of the molecule is C/C=C\C(=CCN(C(C)=NC)C1(C=O)CCCCC1)C1=CC([N+](=O)[O-])C=CC=C1.CC. The van der Waals surface area contributed by atoms with Gasteiger partial charge in [0, 0.05) is 24.6 Å². The number of nitro groups is 1. The standard InChI is InChI=1S/C23H31N3O3.C2H6/c1-4-10-20(21-11-6-7-12-22(17-21)26(28)29)13-16-25(19(2)24-3)23(18-27)14-8-5-9-15-23;1-2/h4,6-7,10-13,17-18,22H,5,8-9,14-16H2,1-3H3;1-2H3/b10-4-,20-13?,24-19?;. The van der Waals surface area contributed by atoms with Crippen LogP contribution in [0.3, 0.4) is 0 Å². The molecule has 0 radical (unpaired) electrons. The minimum Gasteiger partial charge on any atom is -0.344 e. The van der Waals surface area contributed by atoms with Gasteiger partial charge < -0.3 is 9.69 Å². The van der Waals surface area contributed by atoms with Crippen molar-refractivity contribution >= 4 is 12.1 Å². The number of carbonyl (C=O) groups is 1. The van der Waals surface area contributed by atoms with Gasteiger partial charge in [0.05, 0.1) is 11.4 Å². The van der Waals surface area contributed by atoms with Gasteiger partial charge in [-0.05, 0) is 43.9 Å².